The number of hydrogen-bond donors (Lipinski definition) is 0. The van der Waals surface area contributed by atoms with Crippen LogP contribution in [0.1, 0.15) is 56.2 Å². The molecule has 2 heteroatoms. The highest BCUT2D eigenvalue weighted by Crippen LogP contribution is 2.55. The summed E-state index contributed by atoms with van der Waals surface area (Å²) in [5.74, 6) is 0. The molecule has 0 N–H and O–H groups in total. The van der Waals surface area contributed by atoms with Crippen molar-refractivity contribution in [2.24, 2.45) is 0 Å². The molecule has 0 bridgehead atoms. The van der Waals surface area contributed by atoms with Gasteiger partial charge in [0.05, 0.1) is 0 Å². The number of nitrogens with zero attached hydrogens (tertiary/aromatic N) is 2. The SMILES string of the molecule is c1cc2c3c(c1)Cc1ccc4n1C31c3c(cccc3Cc3ccc(n31)C4)C2. The molecule has 2 nitrogen and oxygen atoms in total. The maximum absolute atomic E-state index is 2.70. The minimum atomic E-state index is -0.201. The Bertz CT molecular complexity index is 1230. The highest BCUT2D eigenvalue weighted by atomic mass is 15.3. The van der Waals surface area contributed by atoms with Gasteiger partial charge in [-0.25, -0.2) is 0 Å². The molecule has 27 heavy (non-hydrogen) atoms. The Morgan fingerprint density at radius 1 is 0.481 bits per heavy atom. The predicted molar refractivity (Wildman–Crippen MR) is 105 cm³/mol. The maximum atomic E-state index is 2.70. The minimum Gasteiger partial charge on any atom is -0.317 e. The molecule has 0 unspecified atom stereocenters. The lowest BCUT2D eigenvalue weighted by atomic mass is 9.68. The van der Waals surface area contributed by atoms with E-state index in [0.717, 1.165) is 25.7 Å². The summed E-state index contributed by atoms with van der Waals surface area (Å²) in [4.78, 5) is 0. The van der Waals surface area contributed by atoms with Crippen molar-refractivity contribution in [2.45, 2.75) is 31.3 Å². The van der Waals surface area contributed by atoms with E-state index in [1.165, 1.54) is 45.0 Å². The van der Waals surface area contributed by atoms with E-state index >= 15 is 0 Å². The number of hydrogen-bond acceptors (Lipinski definition) is 0. The molecule has 0 saturated heterocycles. The Hall–Kier alpha value is -3.00. The second-order valence-electron chi connectivity index (χ2n) is 8.58. The Morgan fingerprint density at radius 3 is 1.37 bits per heavy atom. The van der Waals surface area contributed by atoms with Crippen molar-refractivity contribution in [1.82, 2.24) is 9.13 Å². The third-order valence-electron chi connectivity index (χ3n) is 7.39. The highest BCUT2D eigenvalue weighted by molar-refractivity contribution is 5.65. The quantitative estimate of drug-likeness (QED) is 0.389. The summed E-state index contributed by atoms with van der Waals surface area (Å²) >= 11 is 0. The molecule has 3 aliphatic heterocycles. The molecule has 1 spiro atoms. The van der Waals surface area contributed by atoms with E-state index < -0.39 is 0 Å². The van der Waals surface area contributed by atoms with Crippen molar-refractivity contribution in [3.63, 3.8) is 0 Å². The van der Waals surface area contributed by atoms with Gasteiger partial charge < -0.3 is 9.13 Å². The van der Waals surface area contributed by atoms with E-state index in [1.54, 1.807) is 11.1 Å². The van der Waals surface area contributed by atoms with Gasteiger partial charge in [0, 0.05) is 53.2 Å². The van der Waals surface area contributed by atoms with Crippen LogP contribution in [0, 0.1) is 0 Å². The molecule has 4 aliphatic rings. The Kier molecular flexibility index (Phi) is 1.94. The molecule has 2 aromatic heterocycles. The van der Waals surface area contributed by atoms with Gasteiger partial charge in [-0.1, -0.05) is 36.4 Å². The first-order valence-corrected chi connectivity index (χ1v) is 9.98. The fourth-order valence-corrected chi connectivity index (χ4v) is 6.68. The molecule has 0 saturated carbocycles. The number of benzene rings is 2. The molecule has 4 aromatic rings. The van der Waals surface area contributed by atoms with Gasteiger partial charge in [0.15, 0.2) is 5.66 Å². The Balaban J connectivity index is 1.70. The molecule has 0 fully saturated rings. The standard InChI is InChI=1S/C25H18N2/c1-3-15-11-16-4-2-6-18-13-20-8-10-22-14-21-9-7-19-12-17(5-1)23(15)25(24(16)18,26(19)21)27(20)22/h1-10H,11-14H2. The maximum Gasteiger partial charge on any atom is 0.175 e. The number of rotatable bonds is 0. The third-order valence-corrected chi connectivity index (χ3v) is 7.39. The molecule has 2 aromatic carbocycles. The summed E-state index contributed by atoms with van der Waals surface area (Å²) in [5, 5.41) is 0. The second-order valence-corrected chi connectivity index (χ2v) is 8.58. The van der Waals surface area contributed by atoms with Crippen LogP contribution in [0.4, 0.5) is 0 Å². The van der Waals surface area contributed by atoms with Gasteiger partial charge in [-0.05, 0) is 52.9 Å². The van der Waals surface area contributed by atoms with Crippen LogP contribution in [-0.2, 0) is 31.3 Å². The van der Waals surface area contributed by atoms with Gasteiger partial charge in [0.2, 0.25) is 0 Å². The average molecular weight is 346 g/mol. The summed E-state index contributed by atoms with van der Waals surface area (Å²) in [5.41, 5.74) is 14.8. The zero-order chi connectivity index (χ0) is 17.3. The summed E-state index contributed by atoms with van der Waals surface area (Å²) in [6.07, 6.45) is 4.20. The normalized spacial score (nSPS) is 18.1. The van der Waals surface area contributed by atoms with Gasteiger partial charge in [0.1, 0.15) is 0 Å². The minimum absolute atomic E-state index is 0.201. The van der Waals surface area contributed by atoms with Gasteiger partial charge >= 0.3 is 0 Å². The Morgan fingerprint density at radius 2 is 0.889 bits per heavy atom. The zero-order valence-corrected chi connectivity index (χ0v) is 15.0. The third kappa shape index (κ3) is 1.22. The fraction of sp³-hybridized carbons (Fsp3) is 0.200. The molecular weight excluding hydrogens is 328 g/mol. The van der Waals surface area contributed by atoms with Crippen LogP contribution in [0.25, 0.3) is 0 Å². The lowest BCUT2D eigenvalue weighted by Crippen LogP contribution is -2.55. The lowest BCUT2D eigenvalue weighted by molar-refractivity contribution is 0.281. The van der Waals surface area contributed by atoms with Crippen LogP contribution >= 0.6 is 0 Å². The molecule has 128 valence electrons. The van der Waals surface area contributed by atoms with E-state index in [4.69, 9.17) is 0 Å². The Labute approximate surface area is 157 Å². The predicted octanol–water partition coefficient (Wildman–Crippen LogP) is 4.20. The van der Waals surface area contributed by atoms with Gasteiger partial charge in [0.25, 0.3) is 0 Å². The molecule has 8 rings (SSSR count). The van der Waals surface area contributed by atoms with Crippen LogP contribution in [0.15, 0.2) is 60.7 Å². The van der Waals surface area contributed by atoms with E-state index in [0.29, 0.717) is 0 Å². The van der Waals surface area contributed by atoms with Crippen molar-refractivity contribution < 1.29 is 0 Å². The molecule has 5 heterocycles. The zero-order valence-electron chi connectivity index (χ0n) is 15.0. The largest absolute Gasteiger partial charge is 0.317 e. The van der Waals surface area contributed by atoms with E-state index in [1.807, 2.05) is 0 Å². The van der Waals surface area contributed by atoms with Crippen LogP contribution in [-0.4, -0.2) is 9.13 Å². The molecule has 1 aliphatic carbocycles. The topological polar surface area (TPSA) is 9.86 Å². The fourth-order valence-electron chi connectivity index (χ4n) is 6.68. The highest BCUT2D eigenvalue weighted by Gasteiger charge is 2.54. The molecule has 0 amide bonds. The summed E-state index contributed by atoms with van der Waals surface area (Å²) in [6, 6.07) is 23.5. The smallest absolute Gasteiger partial charge is 0.175 e. The summed E-state index contributed by atoms with van der Waals surface area (Å²) < 4.78 is 5.41. The van der Waals surface area contributed by atoms with Crippen LogP contribution < -0.4 is 0 Å². The van der Waals surface area contributed by atoms with Crippen LogP contribution in [0.3, 0.4) is 0 Å². The van der Waals surface area contributed by atoms with E-state index in [9.17, 15) is 0 Å². The van der Waals surface area contributed by atoms with Crippen molar-refractivity contribution in [2.75, 3.05) is 0 Å². The first-order valence-electron chi connectivity index (χ1n) is 9.98. The first-order chi connectivity index (χ1) is 13.4. The van der Waals surface area contributed by atoms with E-state index in [2.05, 4.69) is 69.8 Å². The van der Waals surface area contributed by atoms with Crippen LogP contribution in [0.5, 0.6) is 0 Å². The van der Waals surface area contributed by atoms with Crippen molar-refractivity contribution in [3.05, 3.63) is 117 Å². The van der Waals surface area contributed by atoms with Crippen LogP contribution in [0.2, 0.25) is 0 Å². The lowest BCUT2D eigenvalue weighted by Gasteiger charge is -2.54. The van der Waals surface area contributed by atoms with E-state index in [-0.39, 0.29) is 5.66 Å². The van der Waals surface area contributed by atoms with Crippen molar-refractivity contribution in [3.8, 4) is 0 Å². The first kappa shape index (κ1) is 13.2. The van der Waals surface area contributed by atoms with Crippen molar-refractivity contribution in [1.29, 1.82) is 0 Å². The monoisotopic (exact) mass is 346 g/mol. The average Bonchev–Trinajstić information content (AvgIpc) is 3.28. The second kappa shape index (κ2) is 3.96. The molecule has 0 radical (unpaired) electrons. The van der Waals surface area contributed by atoms with Gasteiger partial charge in [-0.3, -0.25) is 0 Å². The van der Waals surface area contributed by atoms with Gasteiger partial charge in [-0.2, -0.15) is 0 Å². The van der Waals surface area contributed by atoms with Crippen molar-refractivity contribution >= 4 is 0 Å². The summed E-state index contributed by atoms with van der Waals surface area (Å²) in [7, 11) is 0. The number of aromatic nitrogens is 2. The molecular formula is C25H18N2. The summed E-state index contributed by atoms with van der Waals surface area (Å²) in [6.45, 7) is 0. The molecule has 0 atom stereocenters. The van der Waals surface area contributed by atoms with Gasteiger partial charge in [-0.15, -0.1) is 0 Å².